The highest BCUT2D eigenvalue weighted by atomic mass is 32.2. The van der Waals surface area contributed by atoms with E-state index in [9.17, 15) is 0 Å². The Balaban J connectivity index is 0. The summed E-state index contributed by atoms with van der Waals surface area (Å²) in [5, 5.41) is 0. The van der Waals surface area contributed by atoms with Crippen molar-refractivity contribution in [2.75, 3.05) is 0 Å². The van der Waals surface area contributed by atoms with Crippen LogP contribution in [0.2, 0.25) is 0 Å². The highest BCUT2D eigenvalue weighted by molar-refractivity contribution is 7.99. The van der Waals surface area contributed by atoms with E-state index in [2.05, 4.69) is 32.2 Å². The topological polar surface area (TPSA) is 35.0 Å². The van der Waals surface area contributed by atoms with E-state index in [1.807, 2.05) is 0 Å². The van der Waals surface area contributed by atoms with E-state index in [1.54, 1.807) is 0 Å². The van der Waals surface area contributed by atoms with Gasteiger partial charge in [0.15, 0.2) is 0 Å². The molecule has 0 rings (SSSR count). The average molecular weight is 167 g/mol. The zero-order valence-electron chi connectivity index (χ0n) is 6.01. The Morgan fingerprint density at radius 3 is 2.11 bits per heavy atom. The highest BCUT2D eigenvalue weighted by Crippen LogP contribution is 2.10. The molecule has 3 heteroatoms. The summed E-state index contributed by atoms with van der Waals surface area (Å²) in [4.78, 5) is 0. The first-order chi connectivity index (χ1) is 3.77. The molecule has 0 fully saturated rings. The van der Waals surface area contributed by atoms with E-state index in [4.69, 9.17) is 0 Å². The monoisotopic (exact) mass is 167 g/mol. The van der Waals surface area contributed by atoms with Crippen LogP contribution in [-0.4, -0.2) is 4.58 Å². The Morgan fingerprint density at radius 2 is 1.78 bits per heavy atom. The summed E-state index contributed by atoms with van der Waals surface area (Å²) in [6.07, 6.45) is 5.01. The maximum absolute atomic E-state index is 4.14. The minimum absolute atomic E-state index is 0. The summed E-state index contributed by atoms with van der Waals surface area (Å²) in [6, 6.07) is 0. The van der Waals surface area contributed by atoms with Crippen molar-refractivity contribution in [3.8, 4) is 0 Å². The largest absolute Gasteiger partial charge is 0.344 e. The average Bonchev–Trinajstić information content (AvgIpc) is 1.66. The maximum Gasteiger partial charge on any atom is 0.0442 e. The number of hydrogen-bond donors (Lipinski definition) is 3. The molecule has 0 saturated heterocycles. The fourth-order valence-electron chi connectivity index (χ4n) is 0.577. The molecule has 0 radical (unpaired) electrons. The van der Waals surface area contributed by atoms with Crippen molar-refractivity contribution in [1.82, 2.24) is 6.15 Å². The van der Waals surface area contributed by atoms with Crippen molar-refractivity contribution in [3.63, 3.8) is 0 Å². The first-order valence-electron chi connectivity index (χ1n) is 3.13. The Labute approximate surface area is 69.0 Å². The van der Waals surface area contributed by atoms with Gasteiger partial charge in [0, 0.05) is 4.58 Å². The van der Waals surface area contributed by atoms with E-state index < -0.39 is 0 Å². The smallest absolute Gasteiger partial charge is 0.0442 e. The standard InChI is InChI=1S/C6H14S2.H3N/c1-2-3-4-5-6(7)8;/h6-8H,2-5H2,1H3;1H3. The Hall–Kier alpha value is 0.660. The van der Waals surface area contributed by atoms with Crippen LogP contribution >= 0.6 is 25.3 Å². The second kappa shape index (κ2) is 8.66. The number of thiol groups is 2. The molecule has 58 valence electrons. The third-order valence-electron chi connectivity index (χ3n) is 1.07. The van der Waals surface area contributed by atoms with Gasteiger partial charge in [0.05, 0.1) is 0 Å². The molecule has 0 aromatic carbocycles. The van der Waals surface area contributed by atoms with Crippen molar-refractivity contribution < 1.29 is 0 Å². The SMILES string of the molecule is CCCCCC(S)S.N. The highest BCUT2D eigenvalue weighted by Gasteiger charge is 1.92. The maximum atomic E-state index is 4.14. The second-order valence-electron chi connectivity index (χ2n) is 1.98. The van der Waals surface area contributed by atoms with Gasteiger partial charge in [-0.05, 0) is 6.42 Å². The van der Waals surface area contributed by atoms with Gasteiger partial charge in [0.1, 0.15) is 0 Å². The minimum Gasteiger partial charge on any atom is -0.344 e. The van der Waals surface area contributed by atoms with Crippen LogP contribution in [0.25, 0.3) is 0 Å². The molecule has 0 aliphatic rings. The Kier molecular flexibility index (Phi) is 11.9. The van der Waals surface area contributed by atoms with Crippen molar-refractivity contribution in [2.24, 2.45) is 0 Å². The van der Waals surface area contributed by atoms with Crippen LogP contribution in [0.4, 0.5) is 0 Å². The number of hydrogen-bond acceptors (Lipinski definition) is 3. The molecule has 0 atom stereocenters. The normalized spacial score (nSPS) is 9.33. The third-order valence-corrected chi connectivity index (χ3v) is 1.58. The van der Waals surface area contributed by atoms with Crippen LogP contribution in [0.3, 0.4) is 0 Å². The van der Waals surface area contributed by atoms with Crippen LogP contribution in [0.1, 0.15) is 32.6 Å². The molecular formula is C6H17NS2. The molecule has 9 heavy (non-hydrogen) atoms. The van der Waals surface area contributed by atoms with E-state index in [1.165, 1.54) is 19.3 Å². The van der Waals surface area contributed by atoms with Gasteiger partial charge in [-0.2, -0.15) is 25.3 Å². The number of unbranched alkanes of at least 4 members (excludes halogenated alkanes) is 2. The molecule has 3 N–H and O–H groups in total. The second-order valence-corrected chi connectivity index (χ2v) is 3.63. The van der Waals surface area contributed by atoms with Crippen molar-refractivity contribution >= 4 is 25.3 Å². The van der Waals surface area contributed by atoms with Gasteiger partial charge in [0.25, 0.3) is 0 Å². The van der Waals surface area contributed by atoms with Crippen molar-refractivity contribution in [1.29, 1.82) is 0 Å². The Bertz CT molecular complexity index is 48.3. The van der Waals surface area contributed by atoms with Gasteiger partial charge < -0.3 is 6.15 Å². The lowest BCUT2D eigenvalue weighted by molar-refractivity contribution is 0.698. The van der Waals surface area contributed by atoms with Crippen LogP contribution in [0.5, 0.6) is 0 Å². The van der Waals surface area contributed by atoms with E-state index in [0.717, 1.165) is 6.42 Å². The van der Waals surface area contributed by atoms with Crippen molar-refractivity contribution in [3.05, 3.63) is 0 Å². The molecule has 0 amide bonds. The predicted molar refractivity (Wildman–Crippen MR) is 50.9 cm³/mol. The fraction of sp³-hybridized carbons (Fsp3) is 1.00. The molecule has 0 aromatic heterocycles. The van der Waals surface area contributed by atoms with Gasteiger partial charge >= 0.3 is 0 Å². The summed E-state index contributed by atoms with van der Waals surface area (Å²) >= 11 is 8.27. The molecule has 0 bridgehead atoms. The molecule has 0 spiro atoms. The summed E-state index contributed by atoms with van der Waals surface area (Å²) in [5.74, 6) is 0. The Morgan fingerprint density at radius 1 is 1.22 bits per heavy atom. The fourth-order valence-corrected chi connectivity index (χ4v) is 0.942. The molecule has 0 aliphatic carbocycles. The summed E-state index contributed by atoms with van der Waals surface area (Å²) in [7, 11) is 0. The van der Waals surface area contributed by atoms with Crippen LogP contribution in [0.15, 0.2) is 0 Å². The van der Waals surface area contributed by atoms with E-state index in [0.29, 0.717) is 4.58 Å². The lowest BCUT2D eigenvalue weighted by Crippen LogP contribution is -1.85. The molecule has 0 aliphatic heterocycles. The molecule has 0 unspecified atom stereocenters. The lowest BCUT2D eigenvalue weighted by Gasteiger charge is -1.99. The van der Waals surface area contributed by atoms with Crippen LogP contribution in [-0.2, 0) is 0 Å². The first-order valence-corrected chi connectivity index (χ1v) is 4.16. The zero-order chi connectivity index (χ0) is 6.41. The lowest BCUT2D eigenvalue weighted by atomic mass is 10.2. The van der Waals surface area contributed by atoms with Gasteiger partial charge in [-0.15, -0.1) is 0 Å². The summed E-state index contributed by atoms with van der Waals surface area (Å²) in [6.45, 7) is 2.20. The molecule has 0 heterocycles. The van der Waals surface area contributed by atoms with Crippen LogP contribution in [0, 0.1) is 0 Å². The predicted octanol–water partition coefficient (Wildman–Crippen LogP) is 2.91. The molecular weight excluding hydrogens is 150 g/mol. The molecule has 0 aromatic rings. The van der Waals surface area contributed by atoms with Gasteiger partial charge in [0.2, 0.25) is 0 Å². The quantitative estimate of drug-likeness (QED) is 0.336. The van der Waals surface area contributed by atoms with Crippen LogP contribution < -0.4 is 6.15 Å². The van der Waals surface area contributed by atoms with Gasteiger partial charge in [-0.25, -0.2) is 0 Å². The summed E-state index contributed by atoms with van der Waals surface area (Å²) < 4.78 is 0.293. The first kappa shape index (κ1) is 12.3. The third kappa shape index (κ3) is 12.0. The van der Waals surface area contributed by atoms with E-state index in [-0.39, 0.29) is 6.15 Å². The minimum atomic E-state index is 0. The molecule has 0 saturated carbocycles. The van der Waals surface area contributed by atoms with Gasteiger partial charge in [-0.3, -0.25) is 0 Å². The zero-order valence-corrected chi connectivity index (χ0v) is 7.80. The van der Waals surface area contributed by atoms with Crippen molar-refractivity contribution in [2.45, 2.75) is 37.2 Å². The molecule has 1 nitrogen and oxygen atoms in total. The number of rotatable bonds is 4. The van der Waals surface area contributed by atoms with E-state index >= 15 is 0 Å². The van der Waals surface area contributed by atoms with Gasteiger partial charge in [-0.1, -0.05) is 26.2 Å². The summed E-state index contributed by atoms with van der Waals surface area (Å²) in [5.41, 5.74) is 0.